The number of benzene rings is 2. The minimum Gasteiger partial charge on any atom is -0.339 e. The Morgan fingerprint density at radius 2 is 1.62 bits per heavy atom. The van der Waals surface area contributed by atoms with Gasteiger partial charge in [0.2, 0.25) is 0 Å². The summed E-state index contributed by atoms with van der Waals surface area (Å²) in [4.78, 5) is 28.7. The first-order chi connectivity index (χ1) is 11.6. The van der Waals surface area contributed by atoms with Crippen LogP contribution in [0.5, 0.6) is 0 Å². The smallest absolute Gasteiger partial charge is 0.253 e. The third kappa shape index (κ3) is 3.65. The molecule has 0 N–H and O–H groups in total. The van der Waals surface area contributed by atoms with Crippen LogP contribution in [0.2, 0.25) is 0 Å². The lowest BCUT2D eigenvalue weighted by Crippen LogP contribution is -2.29. The molecular formula is C20H22N2O2. The van der Waals surface area contributed by atoms with Crippen LogP contribution < -0.4 is 0 Å². The average molecular weight is 322 g/mol. The lowest BCUT2D eigenvalue weighted by atomic mass is 10.1. The summed E-state index contributed by atoms with van der Waals surface area (Å²) < 4.78 is 0. The number of hydrogen-bond donors (Lipinski definition) is 0. The van der Waals surface area contributed by atoms with E-state index >= 15 is 0 Å². The van der Waals surface area contributed by atoms with Gasteiger partial charge >= 0.3 is 0 Å². The summed E-state index contributed by atoms with van der Waals surface area (Å²) >= 11 is 0. The molecule has 0 atom stereocenters. The SMILES string of the molecule is CN(Cc1ccccc1)C(=O)c1cccc(C(=O)N2CCCC2)c1. The molecule has 0 unspecified atom stereocenters. The molecule has 1 fully saturated rings. The first-order valence-electron chi connectivity index (χ1n) is 8.34. The molecule has 2 aromatic carbocycles. The second-order valence-electron chi connectivity index (χ2n) is 6.23. The summed E-state index contributed by atoms with van der Waals surface area (Å²) in [6, 6.07) is 16.9. The Kier molecular flexibility index (Phi) is 4.94. The Balaban J connectivity index is 1.72. The maximum Gasteiger partial charge on any atom is 0.253 e. The highest BCUT2D eigenvalue weighted by atomic mass is 16.2. The van der Waals surface area contributed by atoms with Crippen molar-refractivity contribution in [1.29, 1.82) is 0 Å². The van der Waals surface area contributed by atoms with Crippen LogP contribution in [0.25, 0.3) is 0 Å². The molecule has 0 bridgehead atoms. The summed E-state index contributed by atoms with van der Waals surface area (Å²) in [6.45, 7) is 2.17. The van der Waals surface area contributed by atoms with Crippen LogP contribution >= 0.6 is 0 Å². The van der Waals surface area contributed by atoms with Crippen LogP contribution in [0.4, 0.5) is 0 Å². The van der Waals surface area contributed by atoms with E-state index in [1.807, 2.05) is 35.2 Å². The zero-order chi connectivity index (χ0) is 16.9. The van der Waals surface area contributed by atoms with Gasteiger partial charge in [-0.1, -0.05) is 36.4 Å². The highest BCUT2D eigenvalue weighted by Gasteiger charge is 2.21. The highest BCUT2D eigenvalue weighted by Crippen LogP contribution is 2.15. The number of likely N-dealkylation sites (tertiary alicyclic amines) is 1. The average Bonchev–Trinajstić information content (AvgIpc) is 3.16. The largest absolute Gasteiger partial charge is 0.339 e. The van der Waals surface area contributed by atoms with Crippen LogP contribution in [0, 0.1) is 0 Å². The standard InChI is InChI=1S/C20H22N2O2/c1-21(15-16-8-3-2-4-9-16)19(23)17-10-7-11-18(14-17)20(24)22-12-5-6-13-22/h2-4,7-11,14H,5-6,12-13,15H2,1H3. The molecule has 4 nitrogen and oxygen atoms in total. The molecule has 0 radical (unpaired) electrons. The van der Waals surface area contributed by atoms with Gasteiger partial charge in [-0.05, 0) is 36.6 Å². The van der Waals surface area contributed by atoms with Crippen molar-refractivity contribution >= 4 is 11.8 Å². The number of carbonyl (C=O) groups is 2. The Morgan fingerprint density at radius 3 is 2.33 bits per heavy atom. The molecule has 1 aliphatic heterocycles. The van der Waals surface area contributed by atoms with Crippen LogP contribution in [0.15, 0.2) is 54.6 Å². The Bertz CT molecular complexity index is 721. The first kappa shape index (κ1) is 16.2. The van der Waals surface area contributed by atoms with Gasteiger partial charge in [0.05, 0.1) is 0 Å². The van der Waals surface area contributed by atoms with Crippen molar-refractivity contribution in [3.05, 3.63) is 71.3 Å². The summed E-state index contributed by atoms with van der Waals surface area (Å²) in [7, 11) is 1.78. The molecule has 0 spiro atoms. The normalized spacial score (nSPS) is 13.8. The molecule has 2 aromatic rings. The van der Waals surface area contributed by atoms with Gasteiger partial charge in [0, 0.05) is 37.8 Å². The fraction of sp³-hybridized carbons (Fsp3) is 0.300. The number of nitrogens with zero attached hydrogens (tertiary/aromatic N) is 2. The van der Waals surface area contributed by atoms with Crippen LogP contribution in [0.3, 0.4) is 0 Å². The van der Waals surface area contributed by atoms with Crippen molar-refractivity contribution in [3.63, 3.8) is 0 Å². The molecule has 0 saturated carbocycles. The lowest BCUT2D eigenvalue weighted by molar-refractivity contribution is 0.0785. The van der Waals surface area contributed by atoms with Gasteiger partial charge in [-0.25, -0.2) is 0 Å². The molecule has 3 rings (SSSR count). The number of carbonyl (C=O) groups excluding carboxylic acids is 2. The van der Waals surface area contributed by atoms with Crippen molar-refractivity contribution in [1.82, 2.24) is 9.80 Å². The van der Waals surface area contributed by atoms with Crippen molar-refractivity contribution in [2.24, 2.45) is 0 Å². The van der Waals surface area contributed by atoms with Crippen molar-refractivity contribution in [3.8, 4) is 0 Å². The predicted octanol–water partition coefficient (Wildman–Crippen LogP) is 3.19. The van der Waals surface area contributed by atoms with E-state index in [-0.39, 0.29) is 11.8 Å². The van der Waals surface area contributed by atoms with Gasteiger partial charge in [0.25, 0.3) is 11.8 Å². The molecule has 1 saturated heterocycles. The van der Waals surface area contributed by atoms with Gasteiger partial charge in [0.1, 0.15) is 0 Å². The van der Waals surface area contributed by atoms with E-state index in [9.17, 15) is 9.59 Å². The fourth-order valence-corrected chi connectivity index (χ4v) is 3.04. The van der Waals surface area contributed by atoms with Crippen molar-refractivity contribution < 1.29 is 9.59 Å². The van der Waals surface area contributed by atoms with E-state index < -0.39 is 0 Å². The third-order valence-electron chi connectivity index (χ3n) is 4.36. The molecule has 24 heavy (non-hydrogen) atoms. The van der Waals surface area contributed by atoms with Crippen molar-refractivity contribution in [2.75, 3.05) is 20.1 Å². The third-order valence-corrected chi connectivity index (χ3v) is 4.36. The van der Waals surface area contributed by atoms with Crippen LogP contribution in [-0.4, -0.2) is 41.8 Å². The summed E-state index contributed by atoms with van der Waals surface area (Å²) in [5.74, 6) is -0.0530. The highest BCUT2D eigenvalue weighted by molar-refractivity contribution is 5.99. The number of hydrogen-bond acceptors (Lipinski definition) is 2. The topological polar surface area (TPSA) is 40.6 Å². The second-order valence-corrected chi connectivity index (χ2v) is 6.23. The minimum atomic E-state index is -0.0741. The molecule has 1 heterocycles. The molecule has 1 aliphatic rings. The summed E-state index contributed by atoms with van der Waals surface area (Å²) in [6.07, 6.45) is 2.12. The predicted molar refractivity (Wildman–Crippen MR) is 93.8 cm³/mol. The Hall–Kier alpha value is -2.62. The number of rotatable bonds is 4. The molecule has 2 amide bonds. The molecule has 124 valence electrons. The Morgan fingerprint density at radius 1 is 0.958 bits per heavy atom. The van der Waals surface area contributed by atoms with E-state index in [4.69, 9.17) is 0 Å². The monoisotopic (exact) mass is 322 g/mol. The van der Waals surface area contributed by atoms with Crippen molar-refractivity contribution in [2.45, 2.75) is 19.4 Å². The first-order valence-corrected chi connectivity index (χ1v) is 8.34. The maximum atomic E-state index is 12.6. The molecule has 0 aromatic heterocycles. The van der Waals surface area contributed by atoms with E-state index in [1.54, 1.807) is 36.2 Å². The van der Waals surface area contributed by atoms with Crippen LogP contribution in [-0.2, 0) is 6.54 Å². The van der Waals surface area contributed by atoms with Gasteiger partial charge < -0.3 is 9.80 Å². The van der Waals surface area contributed by atoms with Gasteiger partial charge in [0.15, 0.2) is 0 Å². The quantitative estimate of drug-likeness (QED) is 0.867. The van der Waals surface area contributed by atoms with Gasteiger partial charge in [-0.3, -0.25) is 9.59 Å². The maximum absolute atomic E-state index is 12.6. The van der Waals surface area contributed by atoms with Gasteiger partial charge in [-0.2, -0.15) is 0 Å². The summed E-state index contributed by atoms with van der Waals surface area (Å²) in [5.41, 5.74) is 2.23. The van der Waals surface area contributed by atoms with E-state index in [2.05, 4.69) is 0 Å². The second kappa shape index (κ2) is 7.30. The zero-order valence-electron chi connectivity index (χ0n) is 13.9. The fourth-order valence-electron chi connectivity index (χ4n) is 3.04. The van der Waals surface area contributed by atoms with Crippen LogP contribution in [0.1, 0.15) is 39.1 Å². The zero-order valence-corrected chi connectivity index (χ0v) is 13.9. The van der Waals surface area contributed by atoms with E-state index in [0.717, 1.165) is 31.5 Å². The molecular weight excluding hydrogens is 300 g/mol. The van der Waals surface area contributed by atoms with E-state index in [1.165, 1.54) is 0 Å². The molecule has 4 heteroatoms. The number of amides is 2. The molecule has 0 aliphatic carbocycles. The Labute approximate surface area is 142 Å². The lowest BCUT2D eigenvalue weighted by Gasteiger charge is -2.19. The van der Waals surface area contributed by atoms with E-state index in [0.29, 0.717) is 17.7 Å². The summed E-state index contributed by atoms with van der Waals surface area (Å²) in [5, 5.41) is 0. The van der Waals surface area contributed by atoms with Gasteiger partial charge in [-0.15, -0.1) is 0 Å². The minimum absolute atomic E-state index is 0.0212.